The molecule has 2 nitrogen and oxygen atoms in total. The molecule has 3 heteroatoms. The lowest BCUT2D eigenvalue weighted by molar-refractivity contribution is 0.483. The van der Waals surface area contributed by atoms with E-state index in [1.165, 1.54) is 0 Å². The van der Waals surface area contributed by atoms with E-state index in [4.69, 9.17) is 4.89 Å². The summed E-state index contributed by atoms with van der Waals surface area (Å²) < 4.78 is 10.3. The van der Waals surface area contributed by atoms with Gasteiger partial charge < -0.3 is 4.89 Å². The van der Waals surface area contributed by atoms with E-state index in [1.54, 1.807) is 0 Å². The van der Waals surface area contributed by atoms with E-state index in [-0.39, 0.29) is 5.66 Å². The van der Waals surface area contributed by atoms with Gasteiger partial charge in [-0.1, -0.05) is 13.8 Å². The van der Waals surface area contributed by atoms with E-state index < -0.39 is 8.03 Å². The van der Waals surface area contributed by atoms with Crippen molar-refractivity contribution in [3.05, 3.63) is 0 Å². The molecule has 0 amide bonds. The van der Waals surface area contributed by atoms with Crippen molar-refractivity contribution < 1.29 is 9.46 Å². The van der Waals surface area contributed by atoms with Gasteiger partial charge in [0, 0.05) is 5.66 Å². The van der Waals surface area contributed by atoms with Crippen LogP contribution in [0.3, 0.4) is 0 Å². The Labute approximate surface area is 50.8 Å². The molecular weight excluding hydrogens is 123 g/mol. The van der Waals surface area contributed by atoms with E-state index in [2.05, 4.69) is 0 Å². The highest BCUT2D eigenvalue weighted by molar-refractivity contribution is 7.38. The normalized spacial score (nSPS) is 14.5. The van der Waals surface area contributed by atoms with Crippen LogP contribution in [0.2, 0.25) is 0 Å². The average Bonchev–Trinajstić information content (AvgIpc) is 1.69. The van der Waals surface area contributed by atoms with Crippen molar-refractivity contribution >= 4 is 8.03 Å². The van der Waals surface area contributed by atoms with E-state index in [0.29, 0.717) is 0 Å². The SMILES string of the molecule is CCC(CC)[PH](=O)O. The van der Waals surface area contributed by atoms with Crippen LogP contribution in [0.4, 0.5) is 0 Å². The quantitative estimate of drug-likeness (QED) is 0.599. The van der Waals surface area contributed by atoms with Crippen LogP contribution in [0.15, 0.2) is 0 Å². The number of hydrogen-bond acceptors (Lipinski definition) is 1. The van der Waals surface area contributed by atoms with E-state index in [9.17, 15) is 4.57 Å². The van der Waals surface area contributed by atoms with Gasteiger partial charge >= 0.3 is 0 Å². The summed E-state index contributed by atoms with van der Waals surface area (Å²) in [5.74, 6) is 0. The Kier molecular flexibility index (Phi) is 4.20. The molecule has 0 aromatic carbocycles. The summed E-state index contributed by atoms with van der Waals surface area (Å²) in [5, 5.41) is 0. The zero-order valence-electron chi connectivity index (χ0n) is 5.35. The fourth-order valence-electron chi connectivity index (χ4n) is 0.638. The molecule has 0 bridgehead atoms. The molecule has 0 saturated heterocycles. The summed E-state index contributed by atoms with van der Waals surface area (Å²) in [5.41, 5.74) is 0.0556. The third kappa shape index (κ3) is 2.49. The van der Waals surface area contributed by atoms with E-state index >= 15 is 0 Å². The lowest BCUT2D eigenvalue weighted by atomic mass is 10.3. The molecule has 0 aliphatic heterocycles. The third-order valence-corrected chi connectivity index (χ3v) is 2.85. The molecule has 0 saturated carbocycles. The summed E-state index contributed by atoms with van der Waals surface area (Å²) in [6.07, 6.45) is 1.65. The fraction of sp³-hybridized carbons (Fsp3) is 1.00. The van der Waals surface area contributed by atoms with Gasteiger partial charge in [0.15, 0.2) is 8.03 Å². The minimum Gasteiger partial charge on any atom is -0.346 e. The fourth-order valence-corrected chi connectivity index (χ4v) is 1.34. The third-order valence-electron chi connectivity index (χ3n) is 1.33. The molecule has 1 N–H and O–H groups in total. The maximum absolute atomic E-state index is 10.3. The molecule has 0 heterocycles. The smallest absolute Gasteiger partial charge is 0.192 e. The van der Waals surface area contributed by atoms with Crippen molar-refractivity contribution in [3.63, 3.8) is 0 Å². The second-order valence-electron chi connectivity index (χ2n) is 1.85. The maximum Gasteiger partial charge on any atom is 0.192 e. The van der Waals surface area contributed by atoms with E-state index in [1.807, 2.05) is 13.8 Å². The zero-order valence-corrected chi connectivity index (χ0v) is 6.35. The number of rotatable bonds is 3. The lowest BCUT2D eigenvalue weighted by Gasteiger charge is -2.04. The van der Waals surface area contributed by atoms with Gasteiger partial charge in [-0.05, 0) is 12.8 Å². The Bertz CT molecular complexity index is 78.5. The van der Waals surface area contributed by atoms with Gasteiger partial charge in [0.05, 0.1) is 0 Å². The minimum absolute atomic E-state index is 0.0556. The Morgan fingerprint density at radius 2 is 1.88 bits per heavy atom. The second-order valence-corrected chi connectivity index (χ2v) is 3.34. The van der Waals surface area contributed by atoms with Gasteiger partial charge in [-0.2, -0.15) is 0 Å². The van der Waals surface area contributed by atoms with Crippen LogP contribution in [0.25, 0.3) is 0 Å². The molecule has 8 heavy (non-hydrogen) atoms. The van der Waals surface area contributed by atoms with Crippen molar-refractivity contribution in [2.75, 3.05) is 0 Å². The van der Waals surface area contributed by atoms with Gasteiger partial charge in [-0.15, -0.1) is 0 Å². The van der Waals surface area contributed by atoms with E-state index in [0.717, 1.165) is 12.8 Å². The molecule has 0 radical (unpaired) electrons. The molecule has 50 valence electrons. The van der Waals surface area contributed by atoms with Crippen LogP contribution in [-0.2, 0) is 4.57 Å². The van der Waals surface area contributed by atoms with Gasteiger partial charge in [0.2, 0.25) is 0 Å². The first kappa shape index (κ1) is 8.19. The van der Waals surface area contributed by atoms with Crippen LogP contribution in [0.1, 0.15) is 26.7 Å². The first-order valence-electron chi connectivity index (χ1n) is 2.95. The molecule has 0 aliphatic carbocycles. The molecule has 0 fully saturated rings. The molecule has 0 aromatic heterocycles. The van der Waals surface area contributed by atoms with Crippen LogP contribution < -0.4 is 0 Å². The maximum atomic E-state index is 10.3. The van der Waals surface area contributed by atoms with Crippen molar-refractivity contribution in [1.82, 2.24) is 0 Å². The van der Waals surface area contributed by atoms with Crippen molar-refractivity contribution in [2.45, 2.75) is 32.3 Å². The lowest BCUT2D eigenvalue weighted by Crippen LogP contribution is -1.95. The molecule has 1 unspecified atom stereocenters. The summed E-state index contributed by atoms with van der Waals surface area (Å²) >= 11 is 0. The van der Waals surface area contributed by atoms with Gasteiger partial charge in [0.1, 0.15) is 0 Å². The highest BCUT2D eigenvalue weighted by Crippen LogP contribution is 2.27. The Hall–Kier alpha value is 0.190. The predicted molar refractivity (Wildman–Crippen MR) is 35.6 cm³/mol. The molecule has 1 atom stereocenters. The van der Waals surface area contributed by atoms with Crippen LogP contribution >= 0.6 is 8.03 Å². The Morgan fingerprint density at radius 1 is 1.50 bits per heavy atom. The minimum atomic E-state index is -2.22. The topological polar surface area (TPSA) is 37.3 Å². The Balaban J connectivity index is 3.52. The predicted octanol–water partition coefficient (Wildman–Crippen LogP) is 1.64. The van der Waals surface area contributed by atoms with Crippen LogP contribution in [-0.4, -0.2) is 10.6 Å². The summed E-state index contributed by atoms with van der Waals surface area (Å²) in [6.45, 7) is 3.87. The largest absolute Gasteiger partial charge is 0.346 e. The first-order valence-corrected chi connectivity index (χ1v) is 4.38. The zero-order chi connectivity index (χ0) is 6.57. The summed E-state index contributed by atoms with van der Waals surface area (Å²) in [7, 11) is -2.22. The Morgan fingerprint density at radius 3 is 1.88 bits per heavy atom. The molecule has 0 rings (SSSR count). The van der Waals surface area contributed by atoms with Crippen molar-refractivity contribution in [2.24, 2.45) is 0 Å². The van der Waals surface area contributed by atoms with Gasteiger partial charge in [-0.3, -0.25) is 4.57 Å². The van der Waals surface area contributed by atoms with Crippen LogP contribution in [0.5, 0.6) is 0 Å². The highest BCUT2D eigenvalue weighted by atomic mass is 31.1. The number of hydrogen-bond donors (Lipinski definition) is 1. The van der Waals surface area contributed by atoms with Crippen LogP contribution in [0, 0.1) is 0 Å². The summed E-state index contributed by atoms with van der Waals surface area (Å²) in [6, 6.07) is 0. The highest BCUT2D eigenvalue weighted by Gasteiger charge is 2.06. The van der Waals surface area contributed by atoms with Gasteiger partial charge in [-0.25, -0.2) is 0 Å². The van der Waals surface area contributed by atoms with Crippen molar-refractivity contribution in [1.29, 1.82) is 0 Å². The second kappa shape index (κ2) is 4.11. The standard InChI is InChI=1S/C5H13O2P/c1-3-5(4-2)8(6)7/h5,8H,3-4H2,1-2H3,(H,6,7). The molecule has 0 spiro atoms. The van der Waals surface area contributed by atoms with Gasteiger partial charge in [0.25, 0.3) is 0 Å². The molecule has 0 aromatic rings. The monoisotopic (exact) mass is 136 g/mol. The first-order chi connectivity index (χ1) is 3.72. The van der Waals surface area contributed by atoms with Crippen molar-refractivity contribution in [3.8, 4) is 0 Å². The molecular formula is C5H13O2P. The average molecular weight is 136 g/mol. The summed E-state index contributed by atoms with van der Waals surface area (Å²) in [4.78, 5) is 8.56. The molecule has 0 aliphatic rings.